The van der Waals surface area contributed by atoms with Gasteiger partial charge in [-0.2, -0.15) is 26.3 Å². The van der Waals surface area contributed by atoms with E-state index in [9.17, 15) is 26.3 Å². The molecule has 1 saturated carbocycles. The number of benzene rings is 2. The summed E-state index contributed by atoms with van der Waals surface area (Å²) in [4.78, 5) is 0. The smallest absolute Gasteiger partial charge is 0.416 e. The Morgan fingerprint density at radius 1 is 0.892 bits per heavy atom. The highest BCUT2D eigenvalue weighted by atomic mass is 79.9. The third-order valence-corrected chi connectivity index (χ3v) is 9.47. The van der Waals surface area contributed by atoms with E-state index >= 15 is 0 Å². The zero-order valence-corrected chi connectivity index (χ0v) is 22.7. The summed E-state index contributed by atoms with van der Waals surface area (Å²) in [5.41, 5.74) is -2.15. The zero-order valence-electron chi connectivity index (χ0n) is 21.1. The lowest BCUT2D eigenvalue weighted by atomic mass is 9.76. The number of nitrogens with zero attached hydrogens (tertiary/aromatic N) is 1. The fourth-order valence-corrected chi connectivity index (χ4v) is 8.20. The van der Waals surface area contributed by atoms with Crippen LogP contribution in [0.1, 0.15) is 55.9 Å². The molecule has 0 N–H and O–H groups in total. The SMILES string of the molecule is C[C@@H]1C[N@@+]2(Cc3cc(C(F)(F)F)cc(C(F)(F)F)c3)C[C@@](C)(OCc3ccccc3)[C@H]3CC[C@@H]1[C@]32C.[Br-]. The summed E-state index contributed by atoms with van der Waals surface area (Å²) in [7, 11) is 0. The number of alkyl halides is 6. The molecule has 2 saturated heterocycles. The highest BCUT2D eigenvalue weighted by molar-refractivity contribution is 5.33. The van der Waals surface area contributed by atoms with Crippen molar-refractivity contribution in [2.45, 2.75) is 70.3 Å². The van der Waals surface area contributed by atoms with Crippen LogP contribution in [0.3, 0.4) is 0 Å². The van der Waals surface area contributed by atoms with Crippen LogP contribution in [0.4, 0.5) is 26.3 Å². The minimum absolute atomic E-state index is 0. The van der Waals surface area contributed by atoms with Gasteiger partial charge in [-0.3, -0.25) is 0 Å². The maximum absolute atomic E-state index is 13.6. The summed E-state index contributed by atoms with van der Waals surface area (Å²) >= 11 is 0. The highest BCUT2D eigenvalue weighted by Crippen LogP contribution is 2.65. The first-order chi connectivity index (χ1) is 16.7. The second-order valence-electron chi connectivity index (χ2n) is 11.6. The minimum atomic E-state index is -4.85. The van der Waals surface area contributed by atoms with Crippen LogP contribution in [0, 0.1) is 17.8 Å². The normalized spacial score (nSPS) is 34.9. The van der Waals surface area contributed by atoms with E-state index in [1.807, 2.05) is 30.3 Å². The fourth-order valence-electron chi connectivity index (χ4n) is 8.20. The van der Waals surface area contributed by atoms with Gasteiger partial charge < -0.3 is 26.2 Å². The molecule has 37 heavy (non-hydrogen) atoms. The molecule has 0 radical (unpaired) electrons. The molecule has 0 spiro atoms. The van der Waals surface area contributed by atoms with Gasteiger partial charge in [-0.15, -0.1) is 0 Å². The molecule has 2 nitrogen and oxygen atoms in total. The van der Waals surface area contributed by atoms with Crippen molar-refractivity contribution in [3.05, 3.63) is 70.8 Å². The van der Waals surface area contributed by atoms with Crippen LogP contribution < -0.4 is 17.0 Å². The second-order valence-corrected chi connectivity index (χ2v) is 11.6. The number of halogens is 7. The number of hydrogen-bond donors (Lipinski definition) is 0. The van der Waals surface area contributed by atoms with Gasteiger partial charge in [-0.05, 0) is 50.5 Å². The van der Waals surface area contributed by atoms with Crippen LogP contribution in [0.25, 0.3) is 0 Å². The Balaban J connectivity index is 0.00000320. The lowest BCUT2D eigenvalue weighted by Gasteiger charge is -2.44. The Morgan fingerprint density at radius 3 is 2.05 bits per heavy atom. The van der Waals surface area contributed by atoms with Gasteiger partial charge in [0.25, 0.3) is 0 Å². The average molecular weight is 592 g/mol. The van der Waals surface area contributed by atoms with Crippen molar-refractivity contribution in [2.75, 3.05) is 13.1 Å². The molecule has 204 valence electrons. The average Bonchev–Trinajstić information content (AvgIpc) is 3.31. The van der Waals surface area contributed by atoms with Crippen LogP contribution in [-0.4, -0.2) is 28.7 Å². The third kappa shape index (κ3) is 4.63. The zero-order chi connectivity index (χ0) is 26.1. The summed E-state index contributed by atoms with van der Waals surface area (Å²) in [6.07, 6.45) is -7.75. The largest absolute Gasteiger partial charge is 1.00 e. The molecule has 3 fully saturated rings. The monoisotopic (exact) mass is 591 g/mol. The van der Waals surface area contributed by atoms with Crippen molar-refractivity contribution in [1.29, 1.82) is 0 Å². The summed E-state index contributed by atoms with van der Waals surface area (Å²) in [5.74, 6) is 0.876. The maximum atomic E-state index is 13.6. The molecule has 0 unspecified atom stereocenters. The van der Waals surface area contributed by atoms with Crippen molar-refractivity contribution in [2.24, 2.45) is 17.8 Å². The predicted molar refractivity (Wildman–Crippen MR) is 124 cm³/mol. The summed E-state index contributed by atoms with van der Waals surface area (Å²) in [5, 5.41) is 0. The first kappa shape index (κ1) is 28.4. The summed E-state index contributed by atoms with van der Waals surface area (Å²) < 4.78 is 88.5. The lowest BCUT2D eigenvalue weighted by molar-refractivity contribution is -0.967. The molecule has 2 aromatic rings. The van der Waals surface area contributed by atoms with Crippen LogP contribution >= 0.6 is 0 Å². The van der Waals surface area contributed by atoms with Crippen LogP contribution in [0.5, 0.6) is 0 Å². The van der Waals surface area contributed by atoms with Gasteiger partial charge in [-0.1, -0.05) is 37.3 Å². The van der Waals surface area contributed by atoms with Crippen molar-refractivity contribution in [1.82, 2.24) is 0 Å². The van der Waals surface area contributed by atoms with E-state index in [0.717, 1.165) is 37.1 Å². The van der Waals surface area contributed by atoms with Gasteiger partial charge in [0.05, 0.1) is 24.3 Å². The Hall–Kier alpha value is -1.58. The second kappa shape index (κ2) is 9.26. The van der Waals surface area contributed by atoms with E-state index in [4.69, 9.17) is 4.74 Å². The first-order valence-electron chi connectivity index (χ1n) is 12.5. The van der Waals surface area contributed by atoms with Gasteiger partial charge in [0.1, 0.15) is 24.2 Å². The Labute approximate surface area is 224 Å². The molecule has 0 amide bonds. The predicted octanol–water partition coefficient (Wildman–Crippen LogP) is 4.47. The van der Waals surface area contributed by atoms with Crippen LogP contribution in [0.15, 0.2) is 48.5 Å². The lowest BCUT2D eigenvalue weighted by Crippen LogP contribution is -3.00. The Morgan fingerprint density at radius 2 is 1.49 bits per heavy atom. The van der Waals surface area contributed by atoms with E-state index in [2.05, 4.69) is 20.8 Å². The molecule has 2 heterocycles. The van der Waals surface area contributed by atoms with Gasteiger partial charge in [0.15, 0.2) is 0 Å². The third-order valence-electron chi connectivity index (χ3n) is 9.47. The van der Waals surface area contributed by atoms with Gasteiger partial charge in [0, 0.05) is 23.3 Å². The Bertz CT molecular complexity index is 1110. The Kier molecular flexibility index (Phi) is 7.12. The van der Waals surface area contributed by atoms with E-state index in [1.54, 1.807) is 0 Å². The van der Waals surface area contributed by atoms with Gasteiger partial charge >= 0.3 is 12.4 Å². The molecule has 6 atom stereocenters. The molecule has 5 rings (SSSR count). The number of rotatable bonds is 5. The van der Waals surface area contributed by atoms with Crippen LogP contribution in [-0.2, 0) is 30.2 Å². The van der Waals surface area contributed by atoms with Gasteiger partial charge in [0.2, 0.25) is 0 Å². The molecular weight excluding hydrogens is 560 g/mol. The molecule has 1 aliphatic carbocycles. The quantitative estimate of drug-likeness (QED) is 0.368. The maximum Gasteiger partial charge on any atom is 0.416 e. The number of hydrogen-bond acceptors (Lipinski definition) is 1. The summed E-state index contributed by atoms with van der Waals surface area (Å²) in [6, 6.07) is 11.9. The standard InChI is InChI=1S/C28H32F6NO.BrH/c1-18-14-35(15-20-11-21(27(29,30)31)13-22(12-20)28(32,33)34)17-25(2,24-10-9-23(18)26(24,35)3)36-16-19-7-5-4-6-8-19;/h4-8,11-13,18,23-24H,9-10,14-17H2,1-3H3;1H/q+1;/p-1/t18-,23+,24-,25-,26-,35-;/m1./s1. The topological polar surface area (TPSA) is 9.23 Å². The van der Waals surface area contributed by atoms with Crippen molar-refractivity contribution in [3.8, 4) is 0 Å². The van der Waals surface area contributed by atoms with E-state index < -0.39 is 29.1 Å². The van der Waals surface area contributed by atoms with E-state index in [-0.39, 0.29) is 46.6 Å². The fraction of sp³-hybridized carbons (Fsp3) is 0.571. The van der Waals surface area contributed by atoms with Gasteiger partial charge in [-0.25, -0.2) is 0 Å². The van der Waals surface area contributed by atoms with E-state index in [0.29, 0.717) is 29.5 Å². The molecule has 0 bridgehead atoms. The molecule has 9 heteroatoms. The number of quaternary nitrogens is 1. The highest BCUT2D eigenvalue weighted by Gasteiger charge is 2.76. The summed E-state index contributed by atoms with van der Waals surface area (Å²) in [6.45, 7) is 8.31. The van der Waals surface area contributed by atoms with Crippen LogP contribution in [0.2, 0.25) is 0 Å². The van der Waals surface area contributed by atoms with Crippen molar-refractivity contribution >= 4 is 0 Å². The molecule has 0 aromatic heterocycles. The van der Waals surface area contributed by atoms with E-state index in [1.165, 1.54) is 0 Å². The first-order valence-corrected chi connectivity index (χ1v) is 12.5. The molecule has 2 aliphatic heterocycles. The minimum Gasteiger partial charge on any atom is -1.00 e. The molecule has 2 aromatic carbocycles. The molecular formula is C28H32BrF6NO. The van der Waals surface area contributed by atoms with Crippen molar-refractivity contribution in [3.63, 3.8) is 0 Å². The number of ether oxygens (including phenoxy) is 1. The molecule has 3 aliphatic rings. The van der Waals surface area contributed by atoms with Crippen molar-refractivity contribution < 1.29 is 52.5 Å².